The van der Waals surface area contributed by atoms with Crippen LogP contribution in [0.15, 0.2) is 36.9 Å². The van der Waals surface area contributed by atoms with Crippen LogP contribution in [0, 0.1) is 5.92 Å². The van der Waals surface area contributed by atoms with Crippen LogP contribution < -0.4 is 5.32 Å². The summed E-state index contributed by atoms with van der Waals surface area (Å²) in [5.74, 6) is -0.142. The van der Waals surface area contributed by atoms with Crippen molar-refractivity contribution < 1.29 is 9.59 Å². The fraction of sp³-hybridized carbons (Fsp3) is 0.444. The Labute approximate surface area is 146 Å². The molecule has 2 aromatic rings. The molecule has 1 aliphatic carbocycles. The standard InChI is InChI=1S/C18H21N5O2/c24-17-7-15(10-23(17)16-5-6-16)18(25)20-8-13-3-1-2-4-14(13)9-22-12-19-11-21-22/h1-4,11-12,15-16H,5-10H2,(H,20,25)/t15-/m1/s1. The van der Waals surface area contributed by atoms with E-state index < -0.39 is 0 Å². The summed E-state index contributed by atoms with van der Waals surface area (Å²) in [6.07, 6.45) is 5.67. The van der Waals surface area contributed by atoms with Gasteiger partial charge < -0.3 is 10.2 Å². The Morgan fingerprint density at radius 1 is 1.24 bits per heavy atom. The fourth-order valence-electron chi connectivity index (χ4n) is 3.35. The highest BCUT2D eigenvalue weighted by Crippen LogP contribution is 2.32. The molecule has 1 aromatic heterocycles. The number of benzene rings is 1. The van der Waals surface area contributed by atoms with Gasteiger partial charge in [0.25, 0.3) is 0 Å². The molecule has 7 heteroatoms. The van der Waals surface area contributed by atoms with Gasteiger partial charge in [-0.25, -0.2) is 9.67 Å². The van der Waals surface area contributed by atoms with Crippen molar-refractivity contribution in [2.45, 2.75) is 38.4 Å². The average molecular weight is 339 g/mol. The number of carbonyl (C=O) groups is 2. The van der Waals surface area contributed by atoms with Crippen LogP contribution in [-0.4, -0.2) is 44.1 Å². The van der Waals surface area contributed by atoms with Gasteiger partial charge in [0, 0.05) is 25.6 Å². The lowest BCUT2D eigenvalue weighted by Gasteiger charge is -2.16. The van der Waals surface area contributed by atoms with Crippen molar-refractivity contribution in [2.24, 2.45) is 5.92 Å². The minimum atomic E-state index is -0.226. The zero-order valence-corrected chi connectivity index (χ0v) is 14.0. The maximum atomic E-state index is 12.5. The molecule has 0 bridgehead atoms. The van der Waals surface area contributed by atoms with Crippen LogP contribution in [0.1, 0.15) is 30.4 Å². The number of nitrogens with zero attached hydrogens (tertiary/aromatic N) is 4. The summed E-state index contributed by atoms with van der Waals surface area (Å²) >= 11 is 0. The van der Waals surface area contributed by atoms with Crippen LogP contribution in [0.5, 0.6) is 0 Å². The minimum absolute atomic E-state index is 0.0351. The van der Waals surface area contributed by atoms with Gasteiger partial charge in [-0.2, -0.15) is 5.10 Å². The highest BCUT2D eigenvalue weighted by Gasteiger charge is 2.41. The second-order valence-electron chi connectivity index (χ2n) is 6.76. The molecule has 7 nitrogen and oxygen atoms in total. The number of carbonyl (C=O) groups excluding carboxylic acids is 2. The van der Waals surface area contributed by atoms with E-state index in [0.29, 0.717) is 32.1 Å². The molecule has 1 saturated heterocycles. The Bertz CT molecular complexity index is 770. The van der Waals surface area contributed by atoms with Crippen molar-refractivity contribution in [2.75, 3.05) is 6.54 Å². The monoisotopic (exact) mass is 339 g/mol. The molecule has 1 aromatic carbocycles. The molecule has 0 unspecified atom stereocenters. The molecular weight excluding hydrogens is 318 g/mol. The molecule has 1 N–H and O–H groups in total. The van der Waals surface area contributed by atoms with Crippen LogP contribution in [-0.2, 0) is 22.7 Å². The van der Waals surface area contributed by atoms with Crippen molar-refractivity contribution in [1.29, 1.82) is 0 Å². The maximum absolute atomic E-state index is 12.5. The third kappa shape index (κ3) is 3.55. The molecule has 4 rings (SSSR count). The van der Waals surface area contributed by atoms with E-state index >= 15 is 0 Å². The normalized spacial score (nSPS) is 20.1. The van der Waals surface area contributed by atoms with E-state index in [2.05, 4.69) is 15.4 Å². The number of hydrogen-bond donors (Lipinski definition) is 1. The van der Waals surface area contributed by atoms with Crippen LogP contribution in [0.2, 0.25) is 0 Å². The lowest BCUT2D eigenvalue weighted by Crippen LogP contribution is -2.33. The Morgan fingerprint density at radius 3 is 2.76 bits per heavy atom. The average Bonchev–Trinajstić information content (AvgIpc) is 3.19. The van der Waals surface area contributed by atoms with E-state index in [1.165, 1.54) is 6.33 Å². The Hall–Kier alpha value is -2.70. The van der Waals surface area contributed by atoms with Crippen LogP contribution in [0.3, 0.4) is 0 Å². The molecule has 130 valence electrons. The first-order valence-electron chi connectivity index (χ1n) is 8.67. The van der Waals surface area contributed by atoms with Gasteiger partial charge in [0.2, 0.25) is 11.8 Å². The number of likely N-dealkylation sites (tertiary alicyclic amines) is 1. The first-order chi connectivity index (χ1) is 12.2. The molecule has 1 atom stereocenters. The molecule has 0 radical (unpaired) electrons. The Kier molecular flexibility index (Phi) is 4.21. The van der Waals surface area contributed by atoms with Gasteiger partial charge in [-0.15, -0.1) is 0 Å². The highest BCUT2D eigenvalue weighted by molar-refractivity contribution is 5.89. The molecule has 2 aliphatic rings. The quantitative estimate of drug-likeness (QED) is 0.850. The van der Waals surface area contributed by atoms with E-state index in [-0.39, 0.29) is 17.7 Å². The number of hydrogen-bond acceptors (Lipinski definition) is 4. The molecule has 2 fully saturated rings. The number of aromatic nitrogens is 3. The lowest BCUT2D eigenvalue weighted by atomic mass is 10.1. The first kappa shape index (κ1) is 15.8. The van der Waals surface area contributed by atoms with Crippen LogP contribution in [0.25, 0.3) is 0 Å². The summed E-state index contributed by atoms with van der Waals surface area (Å²) in [5.41, 5.74) is 2.14. The molecular formula is C18H21N5O2. The van der Waals surface area contributed by atoms with Crippen molar-refractivity contribution >= 4 is 11.8 Å². The summed E-state index contributed by atoms with van der Waals surface area (Å²) in [4.78, 5) is 30.3. The first-order valence-corrected chi connectivity index (χ1v) is 8.67. The number of amides is 2. The topological polar surface area (TPSA) is 80.1 Å². The van der Waals surface area contributed by atoms with Gasteiger partial charge in [0.1, 0.15) is 12.7 Å². The summed E-state index contributed by atoms with van der Waals surface area (Å²) in [6, 6.07) is 8.34. The molecule has 1 saturated carbocycles. The zero-order valence-electron chi connectivity index (χ0n) is 14.0. The molecule has 2 amide bonds. The third-order valence-corrected chi connectivity index (χ3v) is 4.89. The Morgan fingerprint density at radius 2 is 2.04 bits per heavy atom. The molecule has 1 aliphatic heterocycles. The maximum Gasteiger partial charge on any atom is 0.225 e. The Balaban J connectivity index is 1.36. The highest BCUT2D eigenvalue weighted by atomic mass is 16.2. The van der Waals surface area contributed by atoms with Gasteiger partial charge in [0.05, 0.1) is 12.5 Å². The van der Waals surface area contributed by atoms with Crippen molar-refractivity contribution in [3.05, 3.63) is 48.0 Å². The summed E-state index contributed by atoms with van der Waals surface area (Å²) in [5, 5.41) is 7.12. The van der Waals surface area contributed by atoms with Gasteiger partial charge >= 0.3 is 0 Å². The van der Waals surface area contributed by atoms with E-state index in [1.807, 2.05) is 29.2 Å². The van der Waals surface area contributed by atoms with Crippen molar-refractivity contribution in [3.63, 3.8) is 0 Å². The third-order valence-electron chi connectivity index (χ3n) is 4.89. The lowest BCUT2D eigenvalue weighted by molar-refractivity contribution is -0.129. The summed E-state index contributed by atoms with van der Waals surface area (Å²) in [6.45, 7) is 1.64. The largest absolute Gasteiger partial charge is 0.352 e. The molecule has 25 heavy (non-hydrogen) atoms. The van der Waals surface area contributed by atoms with E-state index in [1.54, 1.807) is 11.0 Å². The minimum Gasteiger partial charge on any atom is -0.352 e. The number of nitrogens with one attached hydrogen (secondary N) is 1. The van der Waals surface area contributed by atoms with Gasteiger partial charge in [-0.3, -0.25) is 9.59 Å². The van der Waals surface area contributed by atoms with Crippen molar-refractivity contribution in [1.82, 2.24) is 25.0 Å². The van der Waals surface area contributed by atoms with Gasteiger partial charge in [0.15, 0.2) is 0 Å². The fourth-order valence-corrected chi connectivity index (χ4v) is 3.35. The van der Waals surface area contributed by atoms with E-state index in [9.17, 15) is 9.59 Å². The molecule has 0 spiro atoms. The predicted octanol–water partition coefficient (Wildman–Crippen LogP) is 0.953. The summed E-state index contributed by atoms with van der Waals surface area (Å²) in [7, 11) is 0. The van der Waals surface area contributed by atoms with Crippen molar-refractivity contribution in [3.8, 4) is 0 Å². The smallest absolute Gasteiger partial charge is 0.225 e. The SMILES string of the molecule is O=C(NCc1ccccc1Cn1cncn1)[C@@H]1CC(=O)N(C2CC2)C1. The molecule has 2 heterocycles. The zero-order chi connectivity index (χ0) is 17.2. The van der Waals surface area contributed by atoms with Crippen LogP contribution >= 0.6 is 0 Å². The second kappa shape index (κ2) is 6.66. The van der Waals surface area contributed by atoms with Crippen LogP contribution in [0.4, 0.5) is 0 Å². The van der Waals surface area contributed by atoms with E-state index in [0.717, 1.165) is 24.0 Å². The van der Waals surface area contributed by atoms with E-state index in [4.69, 9.17) is 0 Å². The predicted molar refractivity (Wildman–Crippen MR) is 90.3 cm³/mol. The number of rotatable bonds is 6. The second-order valence-corrected chi connectivity index (χ2v) is 6.76. The summed E-state index contributed by atoms with van der Waals surface area (Å²) < 4.78 is 1.75. The van der Waals surface area contributed by atoms with Gasteiger partial charge in [-0.1, -0.05) is 24.3 Å². The van der Waals surface area contributed by atoms with Gasteiger partial charge in [-0.05, 0) is 24.0 Å².